The van der Waals surface area contributed by atoms with Crippen LogP contribution in [0.1, 0.15) is 12.6 Å². The Morgan fingerprint density at radius 1 is 1.51 bits per heavy atom. The number of aromatic amines is 1. The largest absolute Gasteiger partial charge is 0.478 e. The molecule has 3 aromatic heterocycles. The number of H-pyrrole nitrogens is 1. The fourth-order valence-corrected chi connectivity index (χ4v) is 6.34. The highest BCUT2D eigenvalue weighted by Gasteiger charge is 2.53. The van der Waals surface area contributed by atoms with Gasteiger partial charge in [-0.3, -0.25) is 19.3 Å². The molecule has 17 heteroatoms. The van der Waals surface area contributed by atoms with Gasteiger partial charge in [0.1, 0.15) is 33.5 Å². The minimum Gasteiger partial charge on any atom is -0.478 e. The Hall–Kier alpha value is -4.02. The molecule has 14 nitrogen and oxygen atoms in total. The van der Waals surface area contributed by atoms with Crippen molar-refractivity contribution in [3.8, 4) is 0 Å². The number of aliphatic carboxylic acids is 1. The molecule has 0 spiro atoms. The molecule has 5 N–H and O–H groups in total. The standard InChI is InChI=1S/C22H19ClN8O6S2/c1-9(21(35)36)37-29-14(13-16(23)39-22(24)28-13)18(33)27-15-19(34)31-12(6-32)10(7-38-20(15)31)5-30-4-2-3-11-17(30)26-8-25-11/h2-4,6,8-9,15,20H,5,7H2,1H3,(H4,24,27,28,33,35,36)/p+1/b29-14-/t9-,15?,20?/m0/s1. The summed E-state index contributed by atoms with van der Waals surface area (Å²) in [6.07, 6.45) is 2.67. The molecule has 2 amide bonds. The molecule has 2 aliphatic rings. The highest BCUT2D eigenvalue weighted by molar-refractivity contribution is 8.00. The number of fused-ring (bicyclic) bond motifs is 2. The molecule has 2 aliphatic heterocycles. The van der Waals surface area contributed by atoms with Crippen LogP contribution in [0, 0.1) is 0 Å². The van der Waals surface area contributed by atoms with Crippen LogP contribution < -0.4 is 15.6 Å². The van der Waals surface area contributed by atoms with Gasteiger partial charge < -0.3 is 26.0 Å². The Balaban J connectivity index is 1.36. The first-order valence-electron chi connectivity index (χ1n) is 11.3. The Morgan fingerprint density at radius 3 is 3.00 bits per heavy atom. The van der Waals surface area contributed by atoms with E-state index in [1.54, 1.807) is 6.33 Å². The van der Waals surface area contributed by atoms with E-state index in [0.717, 1.165) is 22.4 Å². The highest BCUT2D eigenvalue weighted by Crippen LogP contribution is 2.39. The van der Waals surface area contributed by atoms with Crippen molar-refractivity contribution in [3.63, 3.8) is 0 Å². The number of carbonyl (C=O) groups is 4. The maximum atomic E-state index is 13.2. The number of carbonyl (C=O) groups excluding carboxylic acids is 3. The molecule has 0 radical (unpaired) electrons. The number of rotatable bonds is 9. The van der Waals surface area contributed by atoms with Gasteiger partial charge in [-0.2, -0.15) is 0 Å². The Kier molecular flexibility index (Phi) is 7.24. The van der Waals surface area contributed by atoms with Crippen molar-refractivity contribution >= 4 is 80.8 Å². The number of hydrogen-bond acceptors (Lipinski definition) is 11. The Labute approximate surface area is 232 Å². The molecule has 202 valence electrons. The third kappa shape index (κ3) is 4.93. The molecule has 0 aliphatic carbocycles. The van der Waals surface area contributed by atoms with Gasteiger partial charge in [0.2, 0.25) is 12.4 Å². The molecule has 39 heavy (non-hydrogen) atoms. The van der Waals surface area contributed by atoms with Crippen molar-refractivity contribution in [1.29, 1.82) is 0 Å². The number of halogens is 1. The van der Waals surface area contributed by atoms with E-state index in [0.29, 0.717) is 24.2 Å². The number of nitrogens with zero attached hydrogens (tertiary/aromatic N) is 5. The number of nitrogens with one attached hydrogen (secondary N) is 2. The SMILES string of the molecule is C[C@H](O/N=C(\C(=O)NC1C(=O)N2C(C=O)=C(C[n+]3cccc4[nH]cnc43)CSC12)c1nc(N)sc1Cl)C(=O)O. The zero-order valence-corrected chi connectivity index (χ0v) is 22.4. The first-order chi connectivity index (χ1) is 18.7. The molecule has 2 unspecified atom stereocenters. The first-order valence-corrected chi connectivity index (χ1v) is 13.6. The molecular weight excluding hydrogens is 572 g/mol. The van der Waals surface area contributed by atoms with Crippen LogP contribution >= 0.6 is 34.7 Å². The van der Waals surface area contributed by atoms with Gasteiger partial charge in [-0.15, -0.1) is 11.8 Å². The lowest BCUT2D eigenvalue weighted by Crippen LogP contribution is -2.70. The number of pyridine rings is 1. The van der Waals surface area contributed by atoms with Gasteiger partial charge in [0, 0.05) is 11.3 Å². The van der Waals surface area contributed by atoms with E-state index in [1.807, 2.05) is 22.9 Å². The molecule has 1 saturated heterocycles. The quantitative estimate of drug-likeness (QED) is 0.0882. The van der Waals surface area contributed by atoms with Crippen LogP contribution in [0.15, 0.2) is 41.1 Å². The van der Waals surface area contributed by atoms with Crippen molar-refractivity contribution in [2.45, 2.75) is 31.0 Å². The number of imidazole rings is 1. The molecule has 3 aromatic rings. The molecule has 3 atom stereocenters. The highest BCUT2D eigenvalue weighted by atomic mass is 35.5. The minimum atomic E-state index is -1.37. The predicted molar refractivity (Wildman–Crippen MR) is 141 cm³/mol. The normalized spacial score (nSPS) is 19.9. The van der Waals surface area contributed by atoms with Crippen LogP contribution in [0.3, 0.4) is 0 Å². The average molecular weight is 592 g/mol. The van der Waals surface area contributed by atoms with Crippen molar-refractivity contribution in [2.75, 3.05) is 11.5 Å². The van der Waals surface area contributed by atoms with Crippen molar-refractivity contribution in [3.05, 3.63) is 46.0 Å². The summed E-state index contributed by atoms with van der Waals surface area (Å²) in [7, 11) is 0. The van der Waals surface area contributed by atoms with Crippen molar-refractivity contribution < 1.29 is 33.7 Å². The smallest absolute Gasteiger partial charge is 0.348 e. The number of amides is 2. The molecule has 0 bridgehead atoms. The zero-order valence-electron chi connectivity index (χ0n) is 20.0. The third-order valence-electron chi connectivity index (χ3n) is 5.99. The Bertz CT molecular complexity index is 1570. The lowest BCUT2D eigenvalue weighted by Gasteiger charge is -2.49. The van der Waals surface area contributed by atoms with Gasteiger partial charge in [-0.25, -0.2) is 14.3 Å². The second kappa shape index (κ2) is 10.6. The lowest BCUT2D eigenvalue weighted by atomic mass is 10.0. The molecule has 5 heterocycles. The van der Waals surface area contributed by atoms with E-state index >= 15 is 0 Å². The van der Waals surface area contributed by atoms with E-state index in [-0.39, 0.29) is 20.9 Å². The molecule has 0 aromatic carbocycles. The number of thioether (sulfide) groups is 1. The topological polar surface area (TPSA) is 197 Å². The summed E-state index contributed by atoms with van der Waals surface area (Å²) in [5.74, 6) is -2.25. The number of hydrogen-bond donors (Lipinski definition) is 4. The van der Waals surface area contributed by atoms with Gasteiger partial charge in [0.15, 0.2) is 17.1 Å². The first kappa shape index (κ1) is 26.6. The number of oxime groups is 1. The summed E-state index contributed by atoms with van der Waals surface area (Å²) >= 11 is 8.41. The average Bonchev–Trinajstić information content (AvgIpc) is 3.53. The number of aromatic nitrogens is 4. The number of aldehydes is 1. The van der Waals surface area contributed by atoms with Gasteiger partial charge in [-0.1, -0.05) is 28.1 Å². The van der Waals surface area contributed by atoms with E-state index in [2.05, 4.69) is 25.4 Å². The number of thiazole rings is 1. The van der Waals surface area contributed by atoms with E-state index < -0.39 is 41.0 Å². The summed E-state index contributed by atoms with van der Waals surface area (Å²) in [5.41, 5.74) is 7.62. The number of β-lactam (4-membered cyclic amide) rings is 1. The molecular formula is C22H20ClN8O6S2+. The monoisotopic (exact) mass is 591 g/mol. The second-order valence-electron chi connectivity index (χ2n) is 8.44. The number of carboxylic acid groups (broad SMARTS) is 1. The van der Waals surface area contributed by atoms with Gasteiger partial charge in [0.25, 0.3) is 11.8 Å². The predicted octanol–water partition coefficient (Wildman–Crippen LogP) is 0.289. The number of allylic oxidation sites excluding steroid dienone is 1. The molecule has 1 fully saturated rings. The van der Waals surface area contributed by atoms with Crippen LogP contribution in [0.2, 0.25) is 4.34 Å². The number of nitrogens with two attached hydrogens (primary N) is 1. The second-order valence-corrected chi connectivity index (χ2v) is 11.2. The van der Waals surface area contributed by atoms with Crippen molar-refractivity contribution in [1.82, 2.24) is 25.2 Å². The van der Waals surface area contributed by atoms with E-state index in [9.17, 15) is 19.2 Å². The van der Waals surface area contributed by atoms with Crippen LogP contribution in [-0.2, 0) is 30.6 Å². The van der Waals surface area contributed by atoms with Crippen LogP contribution in [0.4, 0.5) is 5.13 Å². The number of carboxylic acids is 1. The van der Waals surface area contributed by atoms with Crippen LogP contribution in [-0.4, -0.2) is 78.0 Å². The summed E-state index contributed by atoms with van der Waals surface area (Å²) in [6, 6.07) is 2.74. The van der Waals surface area contributed by atoms with Gasteiger partial charge >= 0.3 is 11.6 Å². The molecule has 0 saturated carbocycles. The van der Waals surface area contributed by atoms with Crippen LogP contribution in [0.5, 0.6) is 0 Å². The van der Waals surface area contributed by atoms with E-state index in [1.165, 1.54) is 23.6 Å². The minimum absolute atomic E-state index is 0.0295. The molecule has 5 rings (SSSR count). The summed E-state index contributed by atoms with van der Waals surface area (Å²) < 4.78 is 1.90. The van der Waals surface area contributed by atoms with Gasteiger partial charge in [-0.05, 0) is 24.0 Å². The van der Waals surface area contributed by atoms with E-state index in [4.69, 9.17) is 27.3 Å². The lowest BCUT2D eigenvalue weighted by molar-refractivity contribution is -0.664. The maximum Gasteiger partial charge on any atom is 0.348 e. The number of nitrogen functional groups attached to an aromatic ring is 1. The number of anilines is 1. The Morgan fingerprint density at radius 2 is 2.31 bits per heavy atom. The fourth-order valence-electron chi connectivity index (χ4n) is 4.06. The zero-order chi connectivity index (χ0) is 27.8. The van der Waals surface area contributed by atoms with Crippen molar-refractivity contribution in [2.24, 2.45) is 5.16 Å². The third-order valence-corrected chi connectivity index (χ3v) is 8.42. The summed E-state index contributed by atoms with van der Waals surface area (Å²) in [4.78, 5) is 67.1. The van der Waals surface area contributed by atoms with Crippen LogP contribution in [0.25, 0.3) is 11.2 Å². The fraction of sp³-hybridized carbons (Fsp3) is 0.273. The summed E-state index contributed by atoms with van der Waals surface area (Å²) in [5, 5.41) is 14.8. The maximum absolute atomic E-state index is 13.2. The van der Waals surface area contributed by atoms with Gasteiger partial charge in [0.05, 0.1) is 11.9 Å². The summed E-state index contributed by atoms with van der Waals surface area (Å²) in [6.45, 7) is 1.57.